The van der Waals surface area contributed by atoms with Crippen LogP contribution in [-0.4, -0.2) is 23.8 Å². The molecule has 0 aliphatic carbocycles. The zero-order chi connectivity index (χ0) is 26.3. The van der Waals surface area contributed by atoms with Crippen molar-refractivity contribution in [1.29, 1.82) is 0 Å². The zero-order valence-electron chi connectivity index (χ0n) is 20.1. The van der Waals surface area contributed by atoms with Crippen LogP contribution in [0.15, 0.2) is 60.7 Å². The van der Waals surface area contributed by atoms with Gasteiger partial charge in [-0.05, 0) is 67.3 Å². The van der Waals surface area contributed by atoms with E-state index >= 15 is 0 Å². The van der Waals surface area contributed by atoms with Crippen LogP contribution in [0.25, 0.3) is 11.1 Å². The smallest absolute Gasteiger partial charge is 0.416 e. The molecule has 4 nitrogen and oxygen atoms in total. The van der Waals surface area contributed by atoms with Crippen LogP contribution in [0.5, 0.6) is 11.5 Å². The lowest BCUT2D eigenvalue weighted by Crippen LogP contribution is -2.16. The largest absolute Gasteiger partial charge is 0.493 e. The molecule has 0 aliphatic heterocycles. The van der Waals surface area contributed by atoms with Gasteiger partial charge in [0.1, 0.15) is 11.5 Å². The Labute approximate surface area is 213 Å². The molecule has 8 heteroatoms. The van der Waals surface area contributed by atoms with E-state index in [4.69, 9.17) is 26.2 Å². The highest BCUT2D eigenvalue weighted by molar-refractivity contribution is 6.33. The van der Waals surface area contributed by atoms with Gasteiger partial charge in [-0.1, -0.05) is 42.8 Å². The fourth-order valence-corrected chi connectivity index (χ4v) is 4.06. The number of aryl methyl sites for hydroxylation is 2. The summed E-state index contributed by atoms with van der Waals surface area (Å²) in [6.07, 6.45) is -3.06. The van der Waals surface area contributed by atoms with Crippen LogP contribution in [0.3, 0.4) is 0 Å². The lowest BCUT2D eigenvalue weighted by molar-refractivity contribution is -0.138. The van der Waals surface area contributed by atoms with Crippen LogP contribution in [0.1, 0.15) is 43.4 Å². The van der Waals surface area contributed by atoms with E-state index in [1.807, 2.05) is 32.0 Å². The van der Waals surface area contributed by atoms with Crippen molar-refractivity contribution in [3.63, 3.8) is 0 Å². The minimum atomic E-state index is -4.49. The summed E-state index contributed by atoms with van der Waals surface area (Å²) in [5, 5.41) is 9.25. The number of hydrogen-bond donors (Lipinski definition) is 1. The Morgan fingerprint density at radius 1 is 1.03 bits per heavy atom. The van der Waals surface area contributed by atoms with Gasteiger partial charge in [-0.3, -0.25) is 4.79 Å². The molecule has 0 saturated carbocycles. The number of carboxylic acids is 1. The Morgan fingerprint density at radius 3 is 2.44 bits per heavy atom. The first kappa shape index (κ1) is 27.4. The zero-order valence-corrected chi connectivity index (χ0v) is 20.8. The van der Waals surface area contributed by atoms with Crippen LogP contribution >= 0.6 is 11.6 Å². The molecule has 0 bridgehead atoms. The van der Waals surface area contributed by atoms with Crippen molar-refractivity contribution in [2.45, 2.75) is 51.8 Å². The molecule has 0 aromatic heterocycles. The number of carboxylic acid groups (broad SMARTS) is 1. The van der Waals surface area contributed by atoms with E-state index in [9.17, 15) is 18.0 Å². The second-order valence-electron chi connectivity index (χ2n) is 8.43. The molecule has 0 unspecified atom stereocenters. The molecule has 3 aromatic rings. The Bertz CT molecular complexity index is 1190. The summed E-state index contributed by atoms with van der Waals surface area (Å²) in [5.74, 6) is 0.140. The first-order valence-corrected chi connectivity index (χ1v) is 12.1. The van der Waals surface area contributed by atoms with Gasteiger partial charge in [0.2, 0.25) is 0 Å². The van der Waals surface area contributed by atoms with Crippen LogP contribution in [-0.2, 0) is 23.8 Å². The quantitative estimate of drug-likeness (QED) is 0.280. The molecule has 0 fully saturated rings. The third-order valence-electron chi connectivity index (χ3n) is 5.76. The van der Waals surface area contributed by atoms with Gasteiger partial charge in [-0.15, -0.1) is 0 Å². The van der Waals surface area contributed by atoms with E-state index in [2.05, 4.69) is 0 Å². The Kier molecular flexibility index (Phi) is 9.26. The van der Waals surface area contributed by atoms with Crippen LogP contribution in [0.4, 0.5) is 13.2 Å². The molecule has 0 saturated heterocycles. The maximum Gasteiger partial charge on any atom is 0.416 e. The lowest BCUT2D eigenvalue weighted by Gasteiger charge is -2.20. The Balaban J connectivity index is 1.68. The van der Waals surface area contributed by atoms with Gasteiger partial charge in [-0.2, -0.15) is 13.2 Å². The van der Waals surface area contributed by atoms with Crippen molar-refractivity contribution in [3.8, 4) is 22.6 Å². The predicted molar refractivity (Wildman–Crippen MR) is 134 cm³/mol. The van der Waals surface area contributed by atoms with Gasteiger partial charge in [0.25, 0.3) is 0 Å². The van der Waals surface area contributed by atoms with Crippen molar-refractivity contribution in [1.82, 2.24) is 0 Å². The average molecular weight is 521 g/mol. The third kappa shape index (κ3) is 7.40. The number of ether oxygens (including phenoxy) is 2. The highest BCUT2D eigenvalue weighted by atomic mass is 35.5. The summed E-state index contributed by atoms with van der Waals surface area (Å²) < 4.78 is 51.9. The second kappa shape index (κ2) is 12.2. The van der Waals surface area contributed by atoms with Gasteiger partial charge in [-0.25, -0.2) is 0 Å². The van der Waals surface area contributed by atoms with Crippen LogP contribution in [0.2, 0.25) is 5.02 Å². The molecule has 1 N–H and O–H groups in total. The monoisotopic (exact) mass is 520 g/mol. The number of alkyl halides is 3. The SMILES string of the molecule is CCc1cc(OCC[C@@H](C)Oc2ccc(C(F)(F)F)cc2-c2ccccc2Cl)ccc1CCC(=O)O. The van der Waals surface area contributed by atoms with Gasteiger partial charge < -0.3 is 14.6 Å². The topological polar surface area (TPSA) is 55.8 Å². The highest BCUT2D eigenvalue weighted by Gasteiger charge is 2.31. The first-order chi connectivity index (χ1) is 17.1. The number of rotatable bonds is 11. The van der Waals surface area contributed by atoms with Crippen molar-refractivity contribution in [2.75, 3.05) is 6.61 Å². The maximum atomic E-state index is 13.3. The molecule has 0 heterocycles. The third-order valence-corrected chi connectivity index (χ3v) is 6.09. The second-order valence-corrected chi connectivity index (χ2v) is 8.84. The molecule has 36 heavy (non-hydrogen) atoms. The molecule has 0 radical (unpaired) electrons. The van der Waals surface area contributed by atoms with Crippen molar-refractivity contribution < 1.29 is 32.5 Å². The summed E-state index contributed by atoms with van der Waals surface area (Å²) in [6, 6.07) is 15.7. The first-order valence-electron chi connectivity index (χ1n) is 11.7. The van der Waals surface area contributed by atoms with Gasteiger partial charge in [0, 0.05) is 29.0 Å². The average Bonchev–Trinajstić information content (AvgIpc) is 2.83. The molecule has 0 spiro atoms. The summed E-state index contributed by atoms with van der Waals surface area (Å²) in [7, 11) is 0. The fraction of sp³-hybridized carbons (Fsp3) is 0.321. The van der Waals surface area contributed by atoms with Crippen molar-refractivity contribution in [2.24, 2.45) is 0 Å². The molecule has 0 amide bonds. The van der Waals surface area contributed by atoms with Gasteiger partial charge >= 0.3 is 12.1 Å². The maximum absolute atomic E-state index is 13.3. The molecular weight excluding hydrogens is 493 g/mol. The van der Waals surface area contributed by atoms with E-state index in [-0.39, 0.29) is 18.1 Å². The number of aliphatic carboxylic acids is 1. The number of benzene rings is 3. The Morgan fingerprint density at radius 2 is 1.78 bits per heavy atom. The van der Waals surface area contributed by atoms with E-state index in [0.717, 1.165) is 29.7 Å². The minimum absolute atomic E-state index is 0.0716. The van der Waals surface area contributed by atoms with Crippen molar-refractivity contribution >= 4 is 17.6 Å². The van der Waals surface area contributed by atoms with Gasteiger partial charge in [0.05, 0.1) is 18.3 Å². The molecular formula is C28H28ClF3O4. The number of halogens is 4. The number of hydrogen-bond acceptors (Lipinski definition) is 3. The van der Waals surface area contributed by atoms with E-state index < -0.39 is 17.7 Å². The van der Waals surface area contributed by atoms with E-state index in [1.165, 1.54) is 6.07 Å². The summed E-state index contributed by atoms with van der Waals surface area (Å²) >= 11 is 6.27. The normalized spacial score (nSPS) is 12.3. The van der Waals surface area contributed by atoms with E-state index in [1.54, 1.807) is 24.3 Å². The highest BCUT2D eigenvalue weighted by Crippen LogP contribution is 2.40. The van der Waals surface area contributed by atoms with Crippen molar-refractivity contribution in [3.05, 3.63) is 82.4 Å². The molecule has 3 rings (SSSR count). The van der Waals surface area contributed by atoms with E-state index in [0.29, 0.717) is 41.5 Å². The summed E-state index contributed by atoms with van der Waals surface area (Å²) in [4.78, 5) is 10.9. The number of carbonyl (C=O) groups is 1. The molecule has 3 aromatic carbocycles. The summed E-state index contributed by atoms with van der Waals surface area (Å²) in [6.45, 7) is 4.16. The molecule has 0 aliphatic rings. The molecule has 192 valence electrons. The Hall–Kier alpha value is -3.19. The minimum Gasteiger partial charge on any atom is -0.493 e. The van der Waals surface area contributed by atoms with Gasteiger partial charge in [0.15, 0.2) is 0 Å². The predicted octanol–water partition coefficient (Wildman–Crippen LogP) is 7.84. The molecule has 1 atom stereocenters. The lowest BCUT2D eigenvalue weighted by atomic mass is 10.0. The standard InChI is InChI=1S/C28H28ClF3O4/c1-3-19-16-22(11-8-20(19)9-13-27(33)34)35-15-14-18(2)36-26-12-10-21(28(30,31)32)17-24(26)23-6-4-5-7-25(23)29/h4-8,10-12,16-18H,3,9,13-15H2,1-2H3,(H,33,34)/t18-/m1/s1. The fourth-order valence-electron chi connectivity index (χ4n) is 3.82. The van der Waals surface area contributed by atoms with Crippen LogP contribution in [0, 0.1) is 0 Å². The summed E-state index contributed by atoms with van der Waals surface area (Å²) in [5.41, 5.74) is 1.97. The van der Waals surface area contributed by atoms with Crippen LogP contribution < -0.4 is 9.47 Å².